The molecule has 0 heterocycles. The zero-order valence-electron chi connectivity index (χ0n) is 11.9. The van der Waals surface area contributed by atoms with Gasteiger partial charge in [-0.2, -0.15) is 7.20 Å². The van der Waals surface area contributed by atoms with Gasteiger partial charge in [0.1, 0.15) is 6.61 Å². The Bertz CT molecular complexity index is 415. The zero-order chi connectivity index (χ0) is 14.5. The molecule has 0 fully saturated rings. The van der Waals surface area contributed by atoms with E-state index in [1.165, 1.54) is 0 Å². The molecule has 19 heavy (non-hydrogen) atoms. The second-order valence-electron chi connectivity index (χ2n) is 5.62. The molecule has 1 N–H and O–H groups in total. The fourth-order valence-electron chi connectivity index (χ4n) is 1.93. The van der Waals surface area contributed by atoms with E-state index in [-0.39, 0.29) is 11.6 Å². The molecule has 0 aliphatic heterocycles. The van der Waals surface area contributed by atoms with Gasteiger partial charge in [-0.25, -0.2) is 4.79 Å². The van der Waals surface area contributed by atoms with Crippen molar-refractivity contribution in [3.63, 3.8) is 0 Å². The summed E-state index contributed by atoms with van der Waals surface area (Å²) in [6, 6.07) is 9.69. The van der Waals surface area contributed by atoms with Crippen molar-refractivity contribution in [2.75, 3.05) is 18.3 Å². The first-order valence-electron chi connectivity index (χ1n) is 6.07. The third kappa shape index (κ3) is 7.67. The first-order chi connectivity index (χ1) is 8.68. The number of hydrogen-bond acceptors (Lipinski definition) is 2. The van der Waals surface area contributed by atoms with Crippen LogP contribution in [0.15, 0.2) is 30.3 Å². The number of amides is 1. The van der Waals surface area contributed by atoms with Crippen molar-refractivity contribution in [1.29, 1.82) is 0 Å². The van der Waals surface area contributed by atoms with Gasteiger partial charge in [-0.05, 0) is 53.1 Å². The van der Waals surface area contributed by atoms with E-state index in [0.717, 1.165) is 11.3 Å². The predicted molar refractivity (Wildman–Crippen MR) is 92.2 cm³/mol. The highest BCUT2D eigenvalue weighted by Gasteiger charge is 2.26. The van der Waals surface area contributed by atoms with Crippen LogP contribution in [-0.4, -0.2) is 29.9 Å². The smallest absolute Gasteiger partial charge is 0.407 e. The molecule has 0 saturated heterocycles. The second kappa shape index (κ2) is 6.83. The van der Waals surface area contributed by atoms with E-state index in [9.17, 15) is 4.79 Å². The molecule has 0 unspecified atom stereocenters. The van der Waals surface area contributed by atoms with Crippen molar-refractivity contribution in [2.45, 2.75) is 26.0 Å². The van der Waals surface area contributed by atoms with E-state index < -0.39 is 7.20 Å². The molecule has 0 spiro atoms. The summed E-state index contributed by atoms with van der Waals surface area (Å²) in [5, 5.41) is 2.94. The molecule has 5 heteroatoms. The van der Waals surface area contributed by atoms with Crippen molar-refractivity contribution in [3.8, 4) is 0 Å². The second-order valence-corrected chi connectivity index (χ2v) is 15.9. The number of alkyl carbamates (subject to hydrolysis) is 1. The molecule has 0 aromatic heterocycles. The SMILES string of the molecule is CC(C)(CS(C)(C)I)NC(=O)OCc1ccccc1. The maximum absolute atomic E-state index is 11.8. The zero-order valence-corrected chi connectivity index (χ0v) is 14.9. The third-order valence-electron chi connectivity index (χ3n) is 2.36. The summed E-state index contributed by atoms with van der Waals surface area (Å²) in [6.45, 7) is 4.37. The Morgan fingerprint density at radius 3 is 2.42 bits per heavy atom. The molecule has 1 aromatic carbocycles. The molecule has 0 radical (unpaired) electrons. The fourth-order valence-corrected chi connectivity index (χ4v) is 6.05. The number of rotatable bonds is 5. The van der Waals surface area contributed by atoms with Crippen LogP contribution in [0.2, 0.25) is 0 Å². The van der Waals surface area contributed by atoms with Gasteiger partial charge in [-0.3, -0.25) is 0 Å². The number of benzene rings is 1. The molecule has 1 amide bonds. The quantitative estimate of drug-likeness (QED) is 0.763. The van der Waals surface area contributed by atoms with Gasteiger partial charge in [0.2, 0.25) is 0 Å². The molecular formula is C14H22INO2S. The summed E-state index contributed by atoms with van der Waals surface area (Å²) in [7, 11) is -0.695. The molecule has 1 rings (SSSR count). The first-order valence-corrected chi connectivity index (χ1v) is 11.2. The monoisotopic (exact) mass is 395 g/mol. The highest BCUT2D eigenvalue weighted by Crippen LogP contribution is 2.50. The Hall–Kier alpha value is -0.430. The van der Waals surface area contributed by atoms with Crippen LogP contribution in [0.25, 0.3) is 0 Å². The number of carbonyl (C=O) groups excluding carboxylic acids is 1. The molecule has 3 nitrogen and oxygen atoms in total. The van der Waals surface area contributed by atoms with Crippen LogP contribution < -0.4 is 5.32 Å². The predicted octanol–water partition coefficient (Wildman–Crippen LogP) is 4.11. The lowest BCUT2D eigenvalue weighted by molar-refractivity contribution is 0.131. The Morgan fingerprint density at radius 2 is 1.89 bits per heavy atom. The molecule has 0 aliphatic rings. The van der Waals surface area contributed by atoms with Crippen LogP contribution >= 0.6 is 28.4 Å². The van der Waals surface area contributed by atoms with Gasteiger partial charge >= 0.3 is 6.09 Å². The van der Waals surface area contributed by atoms with E-state index in [4.69, 9.17) is 4.74 Å². The van der Waals surface area contributed by atoms with Crippen molar-refractivity contribution in [2.24, 2.45) is 0 Å². The van der Waals surface area contributed by atoms with Crippen LogP contribution in [0.4, 0.5) is 4.79 Å². The van der Waals surface area contributed by atoms with Crippen LogP contribution in [0.1, 0.15) is 19.4 Å². The molecule has 0 bridgehead atoms. The Labute approximate surface area is 129 Å². The minimum Gasteiger partial charge on any atom is -0.445 e. The maximum atomic E-state index is 11.8. The Morgan fingerprint density at radius 1 is 1.32 bits per heavy atom. The summed E-state index contributed by atoms with van der Waals surface area (Å²) in [5.74, 6) is 0.959. The Kier molecular flexibility index (Phi) is 5.98. The van der Waals surface area contributed by atoms with Gasteiger partial charge in [0, 0.05) is 11.3 Å². The van der Waals surface area contributed by atoms with E-state index in [1.807, 2.05) is 44.2 Å². The van der Waals surface area contributed by atoms with Gasteiger partial charge in [0.25, 0.3) is 0 Å². The fraction of sp³-hybridized carbons (Fsp3) is 0.500. The largest absolute Gasteiger partial charge is 0.445 e. The van der Waals surface area contributed by atoms with Crippen molar-refractivity contribution < 1.29 is 9.53 Å². The number of hydrogen-bond donors (Lipinski definition) is 1. The number of halogens is 1. The normalized spacial score (nSPS) is 12.9. The lowest BCUT2D eigenvalue weighted by atomic mass is 10.1. The Balaban J connectivity index is 2.43. The van der Waals surface area contributed by atoms with E-state index in [2.05, 4.69) is 39.0 Å². The summed E-state index contributed by atoms with van der Waals surface area (Å²) in [4.78, 5) is 11.8. The first kappa shape index (κ1) is 16.6. The van der Waals surface area contributed by atoms with Crippen LogP contribution in [0.5, 0.6) is 0 Å². The maximum Gasteiger partial charge on any atom is 0.407 e. The molecular weight excluding hydrogens is 373 g/mol. The molecule has 108 valence electrons. The van der Waals surface area contributed by atoms with Crippen LogP contribution in [0, 0.1) is 0 Å². The summed E-state index contributed by atoms with van der Waals surface area (Å²) < 4.78 is 5.24. The van der Waals surface area contributed by atoms with E-state index in [1.54, 1.807) is 0 Å². The van der Waals surface area contributed by atoms with E-state index >= 15 is 0 Å². The van der Waals surface area contributed by atoms with Gasteiger partial charge in [0.15, 0.2) is 0 Å². The van der Waals surface area contributed by atoms with E-state index in [0.29, 0.717) is 6.61 Å². The highest BCUT2D eigenvalue weighted by molar-refractivity contribution is 14.2. The standard InChI is InChI=1S/C14H22INO2S/c1-14(2,11-19(3,4)15)16-13(17)18-10-12-8-6-5-7-9-12/h5-9H,10-11H2,1-4H3,(H,16,17). The van der Waals surface area contributed by atoms with Crippen molar-refractivity contribution >= 4 is 34.5 Å². The molecule has 0 saturated carbocycles. The highest BCUT2D eigenvalue weighted by atomic mass is 127. The molecule has 1 aromatic rings. The average molecular weight is 395 g/mol. The summed E-state index contributed by atoms with van der Waals surface area (Å²) in [5.41, 5.74) is 0.753. The minimum atomic E-state index is -0.695. The van der Waals surface area contributed by atoms with Crippen molar-refractivity contribution in [1.82, 2.24) is 5.32 Å². The van der Waals surface area contributed by atoms with Gasteiger partial charge in [0.05, 0.1) is 0 Å². The topological polar surface area (TPSA) is 38.3 Å². The third-order valence-corrected chi connectivity index (χ3v) is 4.70. The molecule has 0 aliphatic carbocycles. The average Bonchev–Trinajstić information content (AvgIpc) is 2.23. The lowest BCUT2D eigenvalue weighted by Crippen LogP contribution is -2.46. The summed E-state index contributed by atoms with van der Waals surface area (Å²) >= 11 is 2.47. The van der Waals surface area contributed by atoms with Crippen molar-refractivity contribution in [3.05, 3.63) is 35.9 Å². The summed E-state index contributed by atoms with van der Waals surface area (Å²) in [6.07, 6.45) is 4.10. The lowest BCUT2D eigenvalue weighted by Gasteiger charge is -2.34. The van der Waals surface area contributed by atoms with Gasteiger partial charge in [-0.15, -0.1) is 0 Å². The molecule has 0 atom stereocenters. The van der Waals surface area contributed by atoms with Crippen LogP contribution in [0.3, 0.4) is 0 Å². The van der Waals surface area contributed by atoms with Gasteiger partial charge in [-0.1, -0.05) is 30.3 Å². The minimum absolute atomic E-state index is 0.242. The van der Waals surface area contributed by atoms with Crippen LogP contribution in [-0.2, 0) is 11.3 Å². The number of ether oxygens (including phenoxy) is 1. The number of nitrogens with one attached hydrogen (secondary N) is 1. The van der Waals surface area contributed by atoms with Gasteiger partial charge < -0.3 is 10.1 Å². The number of carbonyl (C=O) groups is 1.